The lowest BCUT2D eigenvalue weighted by Gasteiger charge is -2.20. The SMILES string of the molecule is Cc1cc(N(C)Cc2cccc(N)c2)nc(C(C)C)n1. The van der Waals surface area contributed by atoms with Crippen LogP contribution in [0.3, 0.4) is 0 Å². The van der Waals surface area contributed by atoms with Gasteiger partial charge in [0.1, 0.15) is 11.6 Å². The molecule has 0 spiro atoms. The maximum atomic E-state index is 5.82. The molecule has 2 N–H and O–H groups in total. The molecule has 1 aromatic carbocycles. The fourth-order valence-corrected chi connectivity index (χ4v) is 2.07. The Morgan fingerprint density at radius 2 is 1.95 bits per heavy atom. The molecule has 0 unspecified atom stereocenters. The van der Waals surface area contributed by atoms with Crippen LogP contribution >= 0.6 is 0 Å². The monoisotopic (exact) mass is 270 g/mol. The third kappa shape index (κ3) is 3.47. The van der Waals surface area contributed by atoms with Crippen LogP contribution in [0, 0.1) is 6.92 Å². The molecular weight excluding hydrogens is 248 g/mol. The zero-order valence-corrected chi connectivity index (χ0v) is 12.6. The van der Waals surface area contributed by atoms with E-state index < -0.39 is 0 Å². The van der Waals surface area contributed by atoms with Crippen molar-refractivity contribution in [1.29, 1.82) is 0 Å². The van der Waals surface area contributed by atoms with E-state index in [4.69, 9.17) is 5.73 Å². The van der Waals surface area contributed by atoms with Crippen LogP contribution in [0.2, 0.25) is 0 Å². The number of nitrogens with two attached hydrogens (primary N) is 1. The van der Waals surface area contributed by atoms with Crippen molar-refractivity contribution in [2.24, 2.45) is 0 Å². The van der Waals surface area contributed by atoms with Gasteiger partial charge in [0, 0.05) is 37.0 Å². The van der Waals surface area contributed by atoms with Gasteiger partial charge in [0.25, 0.3) is 0 Å². The third-order valence-corrected chi connectivity index (χ3v) is 3.14. The van der Waals surface area contributed by atoms with Crippen molar-refractivity contribution in [2.45, 2.75) is 33.2 Å². The molecule has 20 heavy (non-hydrogen) atoms. The second-order valence-electron chi connectivity index (χ2n) is 5.48. The van der Waals surface area contributed by atoms with Crippen LogP contribution in [-0.2, 0) is 6.54 Å². The lowest BCUT2D eigenvalue weighted by Crippen LogP contribution is -2.19. The normalized spacial score (nSPS) is 10.8. The standard InChI is InChI=1S/C16H22N4/c1-11(2)16-18-12(3)8-15(19-16)20(4)10-13-6-5-7-14(17)9-13/h5-9,11H,10,17H2,1-4H3. The van der Waals surface area contributed by atoms with E-state index in [9.17, 15) is 0 Å². The topological polar surface area (TPSA) is 55.0 Å². The van der Waals surface area contributed by atoms with Gasteiger partial charge < -0.3 is 10.6 Å². The molecule has 4 nitrogen and oxygen atoms in total. The molecule has 0 saturated carbocycles. The minimum absolute atomic E-state index is 0.328. The van der Waals surface area contributed by atoms with Crippen LogP contribution in [0.15, 0.2) is 30.3 Å². The van der Waals surface area contributed by atoms with Crippen molar-refractivity contribution < 1.29 is 0 Å². The molecule has 0 aliphatic heterocycles. The summed E-state index contributed by atoms with van der Waals surface area (Å²) in [5.41, 5.74) is 8.78. The average Bonchev–Trinajstić information content (AvgIpc) is 2.37. The van der Waals surface area contributed by atoms with E-state index in [-0.39, 0.29) is 0 Å². The molecule has 0 saturated heterocycles. The number of nitrogens with zero attached hydrogens (tertiary/aromatic N) is 3. The summed E-state index contributed by atoms with van der Waals surface area (Å²) in [6.45, 7) is 7.00. The lowest BCUT2D eigenvalue weighted by atomic mass is 10.2. The summed E-state index contributed by atoms with van der Waals surface area (Å²) >= 11 is 0. The van der Waals surface area contributed by atoms with Crippen LogP contribution in [0.4, 0.5) is 11.5 Å². The second kappa shape index (κ2) is 5.90. The Labute approximate surface area is 120 Å². The summed E-state index contributed by atoms with van der Waals surface area (Å²) in [6.07, 6.45) is 0. The average molecular weight is 270 g/mol. The van der Waals surface area contributed by atoms with Gasteiger partial charge in [-0.15, -0.1) is 0 Å². The number of hydrogen-bond acceptors (Lipinski definition) is 4. The van der Waals surface area contributed by atoms with Crippen molar-refractivity contribution in [3.05, 3.63) is 47.4 Å². The van der Waals surface area contributed by atoms with E-state index in [1.54, 1.807) is 0 Å². The van der Waals surface area contributed by atoms with E-state index in [1.165, 1.54) is 5.56 Å². The van der Waals surface area contributed by atoms with Crippen molar-refractivity contribution >= 4 is 11.5 Å². The molecular formula is C16H22N4. The first-order chi connectivity index (χ1) is 9.45. The molecule has 2 rings (SSSR count). The first kappa shape index (κ1) is 14.3. The zero-order valence-electron chi connectivity index (χ0n) is 12.6. The van der Waals surface area contributed by atoms with Gasteiger partial charge in [-0.25, -0.2) is 9.97 Å². The molecule has 0 atom stereocenters. The molecule has 0 radical (unpaired) electrons. The van der Waals surface area contributed by atoms with Gasteiger partial charge >= 0.3 is 0 Å². The van der Waals surface area contributed by atoms with E-state index in [1.807, 2.05) is 38.2 Å². The van der Waals surface area contributed by atoms with Gasteiger partial charge in [-0.2, -0.15) is 0 Å². The zero-order chi connectivity index (χ0) is 14.7. The number of hydrogen-bond donors (Lipinski definition) is 1. The highest BCUT2D eigenvalue weighted by molar-refractivity contribution is 5.44. The Morgan fingerprint density at radius 1 is 1.20 bits per heavy atom. The Balaban J connectivity index is 2.22. The first-order valence-electron chi connectivity index (χ1n) is 6.87. The highest BCUT2D eigenvalue weighted by atomic mass is 15.2. The van der Waals surface area contributed by atoms with Gasteiger partial charge in [0.05, 0.1) is 0 Å². The molecule has 1 heterocycles. The highest BCUT2D eigenvalue weighted by Crippen LogP contribution is 2.18. The van der Waals surface area contributed by atoms with Crippen LogP contribution in [0.5, 0.6) is 0 Å². The molecule has 2 aromatic rings. The van der Waals surface area contributed by atoms with Gasteiger partial charge in [0.15, 0.2) is 0 Å². The maximum Gasteiger partial charge on any atom is 0.133 e. The Hall–Kier alpha value is -2.10. The summed E-state index contributed by atoms with van der Waals surface area (Å²) in [5.74, 6) is 2.16. The van der Waals surface area contributed by atoms with Gasteiger partial charge in [-0.05, 0) is 24.6 Å². The quantitative estimate of drug-likeness (QED) is 0.867. The second-order valence-corrected chi connectivity index (χ2v) is 5.48. The lowest BCUT2D eigenvalue weighted by molar-refractivity contribution is 0.754. The molecule has 0 bridgehead atoms. The number of anilines is 2. The molecule has 106 valence electrons. The predicted octanol–water partition coefficient (Wildman–Crippen LogP) is 3.13. The predicted molar refractivity (Wildman–Crippen MR) is 83.8 cm³/mol. The summed E-state index contributed by atoms with van der Waals surface area (Å²) in [5, 5.41) is 0. The number of aromatic nitrogens is 2. The van der Waals surface area contributed by atoms with Gasteiger partial charge in [-0.3, -0.25) is 0 Å². The maximum absolute atomic E-state index is 5.82. The Morgan fingerprint density at radius 3 is 2.60 bits per heavy atom. The van der Waals surface area contributed by atoms with Gasteiger partial charge in [-0.1, -0.05) is 26.0 Å². The molecule has 4 heteroatoms. The smallest absolute Gasteiger partial charge is 0.133 e. The van der Waals surface area contributed by atoms with Crippen molar-refractivity contribution in [1.82, 2.24) is 9.97 Å². The fraction of sp³-hybridized carbons (Fsp3) is 0.375. The molecule has 0 fully saturated rings. The van der Waals surface area contributed by atoms with E-state index in [2.05, 4.69) is 34.8 Å². The molecule has 0 aliphatic carbocycles. The Kier molecular flexibility index (Phi) is 4.23. The number of aryl methyl sites for hydroxylation is 1. The van der Waals surface area contributed by atoms with Crippen molar-refractivity contribution in [3.63, 3.8) is 0 Å². The summed E-state index contributed by atoms with van der Waals surface area (Å²) in [6, 6.07) is 9.95. The van der Waals surface area contributed by atoms with Crippen LogP contribution in [0.25, 0.3) is 0 Å². The number of nitrogen functional groups attached to an aromatic ring is 1. The minimum atomic E-state index is 0.328. The first-order valence-corrected chi connectivity index (χ1v) is 6.87. The van der Waals surface area contributed by atoms with E-state index in [0.29, 0.717) is 5.92 Å². The van der Waals surface area contributed by atoms with Crippen molar-refractivity contribution in [2.75, 3.05) is 17.7 Å². The van der Waals surface area contributed by atoms with Crippen LogP contribution in [-0.4, -0.2) is 17.0 Å². The third-order valence-electron chi connectivity index (χ3n) is 3.14. The van der Waals surface area contributed by atoms with Gasteiger partial charge in [0.2, 0.25) is 0 Å². The number of rotatable bonds is 4. The van der Waals surface area contributed by atoms with Crippen LogP contribution < -0.4 is 10.6 Å². The molecule has 1 aromatic heterocycles. The minimum Gasteiger partial charge on any atom is -0.399 e. The highest BCUT2D eigenvalue weighted by Gasteiger charge is 2.10. The largest absolute Gasteiger partial charge is 0.399 e. The summed E-state index contributed by atoms with van der Waals surface area (Å²) < 4.78 is 0. The Bertz CT molecular complexity index is 593. The summed E-state index contributed by atoms with van der Waals surface area (Å²) in [7, 11) is 2.04. The molecule has 0 amide bonds. The number of benzene rings is 1. The van der Waals surface area contributed by atoms with E-state index in [0.717, 1.165) is 29.6 Å². The summed E-state index contributed by atoms with van der Waals surface area (Å²) in [4.78, 5) is 11.2. The van der Waals surface area contributed by atoms with Crippen LogP contribution in [0.1, 0.15) is 36.8 Å². The fourth-order valence-electron chi connectivity index (χ4n) is 2.07. The van der Waals surface area contributed by atoms with Crippen molar-refractivity contribution in [3.8, 4) is 0 Å². The van der Waals surface area contributed by atoms with E-state index >= 15 is 0 Å². The molecule has 0 aliphatic rings.